The van der Waals surface area contributed by atoms with Crippen molar-refractivity contribution in [3.63, 3.8) is 0 Å². The molecule has 0 amide bonds. The van der Waals surface area contributed by atoms with E-state index >= 15 is 0 Å². The number of nitrogens with zero attached hydrogens (tertiary/aromatic N) is 2. The van der Waals surface area contributed by atoms with E-state index in [0.717, 1.165) is 14.9 Å². The zero-order valence-corrected chi connectivity index (χ0v) is 12.0. The highest BCUT2D eigenvalue weighted by molar-refractivity contribution is 14.1. The van der Waals surface area contributed by atoms with Gasteiger partial charge in [-0.25, -0.2) is 4.98 Å². The van der Waals surface area contributed by atoms with Gasteiger partial charge in [-0.05, 0) is 46.5 Å². The van der Waals surface area contributed by atoms with Gasteiger partial charge in [0.15, 0.2) is 4.34 Å². The summed E-state index contributed by atoms with van der Waals surface area (Å²) in [7, 11) is 0. The molecule has 1 heterocycles. The maximum atomic E-state index is 8.41. The Morgan fingerprint density at radius 3 is 3.13 bits per heavy atom. The number of thiocyanates is 1. The second kappa shape index (κ2) is 5.39. The average molecular weight is 364 g/mol. The largest absolute Gasteiger partial charge is 0.228 e. The standard InChI is InChI=1S/C9H5IN2S3/c10-6-2-1-3-7-8(6)12-9(15-7)14-5-13-4-11/h1-3H,5H2. The fourth-order valence-corrected chi connectivity index (χ4v) is 4.53. The first kappa shape index (κ1) is 11.5. The lowest BCUT2D eigenvalue weighted by molar-refractivity contribution is 1.30. The molecule has 0 unspecified atom stereocenters. The lowest BCUT2D eigenvalue weighted by atomic mass is 10.3. The van der Waals surface area contributed by atoms with Gasteiger partial charge in [0.05, 0.1) is 15.3 Å². The molecular formula is C9H5IN2S3. The molecular weight excluding hydrogens is 359 g/mol. The van der Waals surface area contributed by atoms with Gasteiger partial charge in [-0.2, -0.15) is 5.26 Å². The summed E-state index contributed by atoms with van der Waals surface area (Å²) in [5.41, 5.74) is 1.08. The van der Waals surface area contributed by atoms with Crippen LogP contribution >= 0.6 is 57.5 Å². The van der Waals surface area contributed by atoms with Crippen molar-refractivity contribution >= 4 is 67.7 Å². The van der Waals surface area contributed by atoms with Crippen molar-refractivity contribution in [3.8, 4) is 5.40 Å². The van der Waals surface area contributed by atoms with E-state index in [4.69, 9.17) is 5.26 Å². The van der Waals surface area contributed by atoms with Crippen LogP contribution in [0, 0.1) is 14.2 Å². The summed E-state index contributed by atoms with van der Waals surface area (Å²) >= 11 is 6.85. The number of hydrogen-bond donors (Lipinski definition) is 0. The first-order chi connectivity index (χ1) is 7.31. The summed E-state index contributed by atoms with van der Waals surface area (Å²) in [5.74, 6) is 0. The molecule has 0 saturated heterocycles. The molecule has 0 atom stereocenters. The summed E-state index contributed by atoms with van der Waals surface area (Å²) in [6, 6.07) is 6.18. The molecule has 2 nitrogen and oxygen atoms in total. The number of para-hydroxylation sites is 1. The molecule has 0 saturated carbocycles. The Labute approximate surface area is 114 Å². The summed E-state index contributed by atoms with van der Waals surface area (Å²) in [6.45, 7) is 0. The maximum absolute atomic E-state index is 8.41. The molecule has 0 N–H and O–H groups in total. The third-order valence-electron chi connectivity index (χ3n) is 1.66. The van der Waals surface area contributed by atoms with Crippen LogP contribution in [0.4, 0.5) is 0 Å². The minimum Gasteiger partial charge on any atom is -0.228 e. The third kappa shape index (κ3) is 2.78. The Bertz CT molecular complexity index is 518. The minimum atomic E-state index is 0.743. The van der Waals surface area contributed by atoms with E-state index in [1.807, 2.05) is 6.07 Å². The molecule has 15 heavy (non-hydrogen) atoms. The zero-order chi connectivity index (χ0) is 10.7. The Hall–Kier alpha value is 0.0300. The van der Waals surface area contributed by atoms with Gasteiger partial charge in [0.25, 0.3) is 0 Å². The number of hydrogen-bond acceptors (Lipinski definition) is 5. The quantitative estimate of drug-likeness (QED) is 0.269. The van der Waals surface area contributed by atoms with Gasteiger partial charge in [-0.1, -0.05) is 17.8 Å². The first-order valence-electron chi connectivity index (χ1n) is 4.00. The van der Waals surface area contributed by atoms with Crippen LogP contribution < -0.4 is 0 Å². The molecule has 0 aliphatic rings. The van der Waals surface area contributed by atoms with Crippen LogP contribution in [-0.2, 0) is 0 Å². The highest BCUT2D eigenvalue weighted by atomic mass is 127. The molecule has 76 valence electrons. The van der Waals surface area contributed by atoms with Crippen LogP contribution in [0.5, 0.6) is 0 Å². The average Bonchev–Trinajstić information content (AvgIpc) is 2.63. The molecule has 2 aromatic rings. The van der Waals surface area contributed by atoms with Crippen LogP contribution in [0.15, 0.2) is 22.5 Å². The van der Waals surface area contributed by atoms with Gasteiger partial charge >= 0.3 is 0 Å². The first-order valence-corrected chi connectivity index (χ1v) is 7.86. The highest BCUT2D eigenvalue weighted by Crippen LogP contribution is 2.32. The predicted octanol–water partition coefficient (Wildman–Crippen LogP) is 4.16. The molecule has 6 heteroatoms. The van der Waals surface area contributed by atoms with E-state index in [1.165, 1.54) is 20.0 Å². The Morgan fingerprint density at radius 1 is 1.53 bits per heavy atom. The lowest BCUT2D eigenvalue weighted by Gasteiger charge is -1.89. The number of thioether (sulfide) groups is 2. The molecule has 2 rings (SSSR count). The number of aromatic nitrogens is 1. The smallest absolute Gasteiger partial charge is 0.152 e. The lowest BCUT2D eigenvalue weighted by Crippen LogP contribution is -1.74. The van der Waals surface area contributed by atoms with E-state index in [9.17, 15) is 0 Å². The number of nitriles is 1. The molecule has 0 aliphatic carbocycles. The fraction of sp³-hybridized carbons (Fsp3) is 0.111. The van der Waals surface area contributed by atoms with Crippen molar-refractivity contribution in [3.05, 3.63) is 21.8 Å². The molecule has 0 fully saturated rings. The van der Waals surface area contributed by atoms with E-state index < -0.39 is 0 Å². The SMILES string of the molecule is N#CSCSc1nc2c(I)cccc2s1. The minimum absolute atomic E-state index is 0.743. The topological polar surface area (TPSA) is 36.7 Å². The van der Waals surface area contributed by atoms with Crippen molar-refractivity contribution in [2.45, 2.75) is 4.34 Å². The molecule has 1 aromatic carbocycles. The van der Waals surface area contributed by atoms with Crippen LogP contribution in [0.25, 0.3) is 10.2 Å². The monoisotopic (exact) mass is 364 g/mol. The normalized spacial score (nSPS) is 10.4. The molecule has 0 bridgehead atoms. The second-order valence-electron chi connectivity index (χ2n) is 2.56. The highest BCUT2D eigenvalue weighted by Gasteiger charge is 2.06. The van der Waals surface area contributed by atoms with Crippen molar-refractivity contribution in [1.29, 1.82) is 5.26 Å². The van der Waals surface area contributed by atoms with Gasteiger partial charge < -0.3 is 0 Å². The van der Waals surface area contributed by atoms with E-state index in [1.54, 1.807) is 23.1 Å². The van der Waals surface area contributed by atoms with E-state index in [2.05, 4.69) is 45.1 Å². The van der Waals surface area contributed by atoms with Crippen LogP contribution in [0.3, 0.4) is 0 Å². The van der Waals surface area contributed by atoms with Crippen molar-refractivity contribution in [2.24, 2.45) is 0 Å². The zero-order valence-electron chi connectivity index (χ0n) is 7.44. The Morgan fingerprint density at radius 2 is 2.40 bits per heavy atom. The summed E-state index contributed by atoms with van der Waals surface area (Å²) in [6.07, 6.45) is 0. The van der Waals surface area contributed by atoms with Crippen molar-refractivity contribution in [1.82, 2.24) is 4.98 Å². The van der Waals surface area contributed by atoms with E-state index in [0.29, 0.717) is 0 Å². The Kier molecular flexibility index (Phi) is 4.13. The van der Waals surface area contributed by atoms with Gasteiger partial charge in [0, 0.05) is 3.57 Å². The summed E-state index contributed by atoms with van der Waals surface area (Å²) < 4.78 is 3.43. The van der Waals surface area contributed by atoms with Gasteiger partial charge in [0.1, 0.15) is 5.40 Å². The van der Waals surface area contributed by atoms with Crippen LogP contribution in [-0.4, -0.2) is 10.1 Å². The van der Waals surface area contributed by atoms with Gasteiger partial charge in [-0.15, -0.1) is 11.3 Å². The summed E-state index contributed by atoms with van der Waals surface area (Å²) in [5, 5.41) is 11.2. The number of rotatable bonds is 3. The number of benzene rings is 1. The molecule has 0 spiro atoms. The van der Waals surface area contributed by atoms with Crippen molar-refractivity contribution < 1.29 is 0 Å². The second-order valence-corrected chi connectivity index (χ2v) is 7.10. The third-order valence-corrected chi connectivity index (χ3v) is 5.36. The van der Waals surface area contributed by atoms with Gasteiger partial charge in [-0.3, -0.25) is 0 Å². The summed E-state index contributed by atoms with van der Waals surface area (Å²) in [4.78, 5) is 4.54. The van der Waals surface area contributed by atoms with Gasteiger partial charge in [0.2, 0.25) is 0 Å². The van der Waals surface area contributed by atoms with Crippen molar-refractivity contribution in [2.75, 3.05) is 5.08 Å². The van der Waals surface area contributed by atoms with Crippen LogP contribution in [0.2, 0.25) is 0 Å². The Balaban J connectivity index is 2.24. The maximum Gasteiger partial charge on any atom is 0.152 e. The predicted molar refractivity (Wildman–Crippen MR) is 76.3 cm³/mol. The van der Waals surface area contributed by atoms with Crippen LogP contribution in [0.1, 0.15) is 0 Å². The fourth-order valence-electron chi connectivity index (χ4n) is 1.06. The number of fused-ring (bicyclic) bond motifs is 1. The van der Waals surface area contributed by atoms with E-state index in [-0.39, 0.29) is 0 Å². The number of halogens is 1. The molecule has 0 aliphatic heterocycles. The number of thiazole rings is 1. The molecule has 0 radical (unpaired) electrons. The molecule has 1 aromatic heterocycles.